The molecule has 0 amide bonds. The fraction of sp³-hybridized carbons (Fsp3) is 0.273. The predicted molar refractivity (Wildman–Crippen MR) is 109 cm³/mol. The van der Waals surface area contributed by atoms with Gasteiger partial charge in [0.25, 0.3) is 0 Å². The molecule has 3 aromatic rings. The summed E-state index contributed by atoms with van der Waals surface area (Å²) in [4.78, 5) is 11.4. The van der Waals surface area contributed by atoms with Crippen molar-refractivity contribution in [1.29, 1.82) is 0 Å². The van der Waals surface area contributed by atoms with Crippen LogP contribution in [0.4, 0.5) is 17.3 Å². The van der Waals surface area contributed by atoms with Crippen LogP contribution in [0.15, 0.2) is 54.6 Å². The fourth-order valence-corrected chi connectivity index (χ4v) is 3.07. The van der Waals surface area contributed by atoms with Gasteiger partial charge in [0.05, 0.1) is 0 Å². The minimum Gasteiger partial charge on any atom is -0.366 e. The van der Waals surface area contributed by atoms with Crippen molar-refractivity contribution in [1.82, 2.24) is 9.97 Å². The first-order chi connectivity index (χ1) is 12.5. The van der Waals surface area contributed by atoms with E-state index in [0.717, 1.165) is 36.2 Å². The van der Waals surface area contributed by atoms with Gasteiger partial charge in [0.15, 0.2) is 0 Å². The van der Waals surface area contributed by atoms with Crippen LogP contribution in [-0.4, -0.2) is 16.5 Å². The molecule has 4 nitrogen and oxygen atoms in total. The molecule has 3 rings (SSSR count). The number of hydrogen-bond acceptors (Lipinski definition) is 4. The Morgan fingerprint density at radius 2 is 1.62 bits per heavy atom. The van der Waals surface area contributed by atoms with Gasteiger partial charge in [-0.2, -0.15) is 0 Å². The van der Waals surface area contributed by atoms with E-state index in [-0.39, 0.29) is 0 Å². The molecule has 0 aliphatic heterocycles. The average molecular weight is 346 g/mol. The summed E-state index contributed by atoms with van der Waals surface area (Å²) in [5.74, 6) is 2.53. The Kier molecular flexibility index (Phi) is 5.52. The maximum Gasteiger partial charge on any atom is 0.138 e. The Morgan fingerprint density at radius 1 is 0.885 bits per heavy atom. The molecule has 0 aliphatic carbocycles. The summed E-state index contributed by atoms with van der Waals surface area (Å²) >= 11 is 0. The van der Waals surface area contributed by atoms with Gasteiger partial charge in [-0.3, -0.25) is 0 Å². The molecule has 134 valence electrons. The van der Waals surface area contributed by atoms with Gasteiger partial charge in [-0.25, -0.2) is 9.97 Å². The lowest BCUT2D eigenvalue weighted by atomic mass is 10.1. The zero-order chi connectivity index (χ0) is 18.5. The van der Waals surface area contributed by atoms with Crippen molar-refractivity contribution in [2.45, 2.75) is 34.2 Å². The van der Waals surface area contributed by atoms with E-state index in [1.54, 1.807) is 0 Å². The molecule has 4 heteroatoms. The van der Waals surface area contributed by atoms with Crippen LogP contribution in [0.5, 0.6) is 0 Å². The van der Waals surface area contributed by atoms with E-state index < -0.39 is 0 Å². The molecule has 0 fully saturated rings. The number of hydrogen-bond donors (Lipinski definition) is 1. The van der Waals surface area contributed by atoms with Gasteiger partial charge in [0.2, 0.25) is 0 Å². The number of anilines is 3. The third-order valence-electron chi connectivity index (χ3n) is 4.29. The number of benzene rings is 2. The van der Waals surface area contributed by atoms with Crippen LogP contribution in [0.1, 0.15) is 29.4 Å². The second-order valence-corrected chi connectivity index (χ2v) is 6.58. The molecule has 0 bridgehead atoms. The predicted octanol–water partition coefficient (Wildman–Crippen LogP) is 5.17. The van der Waals surface area contributed by atoms with Crippen molar-refractivity contribution >= 4 is 17.3 Å². The molecule has 26 heavy (non-hydrogen) atoms. The van der Waals surface area contributed by atoms with Crippen LogP contribution in [0.2, 0.25) is 0 Å². The van der Waals surface area contributed by atoms with Crippen molar-refractivity contribution < 1.29 is 0 Å². The summed E-state index contributed by atoms with van der Waals surface area (Å²) in [6.45, 7) is 9.88. The summed E-state index contributed by atoms with van der Waals surface area (Å²) in [7, 11) is 0. The van der Waals surface area contributed by atoms with E-state index in [1.807, 2.05) is 13.0 Å². The molecule has 0 radical (unpaired) electrons. The van der Waals surface area contributed by atoms with Gasteiger partial charge in [-0.15, -0.1) is 0 Å². The van der Waals surface area contributed by atoms with Crippen molar-refractivity contribution in [3.8, 4) is 0 Å². The van der Waals surface area contributed by atoms with Gasteiger partial charge in [-0.1, -0.05) is 42.0 Å². The Bertz CT molecular complexity index is 889. The molecule has 1 heterocycles. The third kappa shape index (κ3) is 4.39. The zero-order valence-electron chi connectivity index (χ0n) is 16.0. The summed E-state index contributed by atoms with van der Waals surface area (Å²) in [5, 5.41) is 3.43. The molecule has 1 aromatic heterocycles. The lowest BCUT2D eigenvalue weighted by Crippen LogP contribution is -2.18. The second-order valence-electron chi connectivity index (χ2n) is 6.58. The largest absolute Gasteiger partial charge is 0.366 e. The second kappa shape index (κ2) is 8.00. The lowest BCUT2D eigenvalue weighted by Gasteiger charge is -2.23. The van der Waals surface area contributed by atoms with E-state index in [9.17, 15) is 0 Å². The Labute approximate surface area is 155 Å². The number of rotatable bonds is 6. The highest BCUT2D eigenvalue weighted by molar-refractivity contribution is 5.63. The first-order valence-electron chi connectivity index (χ1n) is 9.04. The van der Waals surface area contributed by atoms with Crippen molar-refractivity contribution in [2.75, 3.05) is 16.8 Å². The Morgan fingerprint density at radius 3 is 2.31 bits per heavy atom. The number of nitrogens with one attached hydrogen (secondary N) is 1. The summed E-state index contributed by atoms with van der Waals surface area (Å²) in [6.07, 6.45) is 0. The van der Waals surface area contributed by atoms with Crippen LogP contribution in [0.25, 0.3) is 0 Å². The highest BCUT2D eigenvalue weighted by Gasteiger charge is 2.11. The Balaban J connectivity index is 1.84. The summed E-state index contributed by atoms with van der Waals surface area (Å²) < 4.78 is 0. The molecule has 0 spiro atoms. The number of aromatic nitrogens is 2. The van der Waals surface area contributed by atoms with Crippen molar-refractivity contribution in [3.05, 3.63) is 77.1 Å². The van der Waals surface area contributed by atoms with E-state index in [2.05, 4.69) is 89.5 Å². The quantitative estimate of drug-likeness (QED) is 0.668. The molecular formula is C22H26N4. The normalized spacial score (nSPS) is 10.6. The molecular weight excluding hydrogens is 320 g/mol. The van der Waals surface area contributed by atoms with Crippen LogP contribution in [0, 0.1) is 20.8 Å². The monoisotopic (exact) mass is 346 g/mol. The molecule has 0 aliphatic rings. The van der Waals surface area contributed by atoms with Gasteiger partial charge in [0, 0.05) is 24.8 Å². The molecule has 0 unspecified atom stereocenters. The minimum atomic E-state index is 0.744. The van der Waals surface area contributed by atoms with Crippen LogP contribution in [-0.2, 0) is 6.54 Å². The van der Waals surface area contributed by atoms with E-state index >= 15 is 0 Å². The molecule has 1 N–H and O–H groups in total. The van der Waals surface area contributed by atoms with Gasteiger partial charge < -0.3 is 10.2 Å². The first kappa shape index (κ1) is 17.9. The lowest BCUT2D eigenvalue weighted by molar-refractivity contribution is 0.945. The third-order valence-corrected chi connectivity index (χ3v) is 4.29. The molecule has 2 aromatic carbocycles. The zero-order valence-corrected chi connectivity index (χ0v) is 16.0. The smallest absolute Gasteiger partial charge is 0.138 e. The highest BCUT2D eigenvalue weighted by atomic mass is 15.2. The highest BCUT2D eigenvalue weighted by Crippen LogP contribution is 2.26. The van der Waals surface area contributed by atoms with Crippen molar-refractivity contribution in [2.24, 2.45) is 0 Å². The van der Waals surface area contributed by atoms with Gasteiger partial charge in [-0.05, 0) is 51.0 Å². The van der Waals surface area contributed by atoms with E-state index in [1.165, 1.54) is 16.7 Å². The summed E-state index contributed by atoms with van der Waals surface area (Å²) in [6, 6.07) is 19.0. The first-order valence-corrected chi connectivity index (χ1v) is 9.04. The van der Waals surface area contributed by atoms with Gasteiger partial charge in [0.1, 0.15) is 17.5 Å². The molecule has 0 saturated carbocycles. The van der Waals surface area contributed by atoms with Crippen LogP contribution in [0.3, 0.4) is 0 Å². The molecule has 0 atom stereocenters. The van der Waals surface area contributed by atoms with Crippen LogP contribution < -0.4 is 10.2 Å². The maximum atomic E-state index is 4.65. The number of aryl methyl sites for hydroxylation is 3. The van der Waals surface area contributed by atoms with Crippen molar-refractivity contribution in [3.63, 3.8) is 0 Å². The average Bonchev–Trinajstić information content (AvgIpc) is 2.60. The summed E-state index contributed by atoms with van der Waals surface area (Å²) in [5.41, 5.74) is 4.90. The van der Waals surface area contributed by atoms with E-state index in [0.29, 0.717) is 0 Å². The topological polar surface area (TPSA) is 41.0 Å². The van der Waals surface area contributed by atoms with Crippen LogP contribution >= 0.6 is 0 Å². The van der Waals surface area contributed by atoms with E-state index in [4.69, 9.17) is 0 Å². The minimum absolute atomic E-state index is 0.744. The standard InChI is InChI=1S/C22H26N4/c1-5-26(20-11-7-9-17(3)13-20)22-14-21(24-18(4)25-22)23-15-19-10-6-8-16(2)12-19/h6-14H,5,15H2,1-4H3,(H,23,24,25). The Hall–Kier alpha value is -2.88. The number of nitrogens with zero attached hydrogens (tertiary/aromatic N) is 3. The maximum absolute atomic E-state index is 4.65. The molecule has 0 saturated heterocycles. The fourth-order valence-electron chi connectivity index (χ4n) is 3.07. The van der Waals surface area contributed by atoms with Gasteiger partial charge >= 0.3 is 0 Å². The SMILES string of the molecule is CCN(c1cccc(C)c1)c1cc(NCc2cccc(C)c2)nc(C)n1.